The van der Waals surface area contributed by atoms with Crippen molar-refractivity contribution in [3.8, 4) is 5.75 Å². The predicted octanol–water partition coefficient (Wildman–Crippen LogP) is 4.51. The van der Waals surface area contributed by atoms with Crippen molar-refractivity contribution in [2.75, 3.05) is 0 Å². The van der Waals surface area contributed by atoms with Gasteiger partial charge >= 0.3 is 5.63 Å². The first-order chi connectivity index (χ1) is 13.2. The van der Waals surface area contributed by atoms with Gasteiger partial charge in [0.25, 0.3) is 0 Å². The van der Waals surface area contributed by atoms with Crippen molar-refractivity contribution >= 4 is 16.8 Å². The van der Waals surface area contributed by atoms with Gasteiger partial charge in [-0.05, 0) is 17.7 Å². The molecule has 4 nitrogen and oxygen atoms in total. The van der Waals surface area contributed by atoms with E-state index in [1.807, 2.05) is 12.1 Å². The van der Waals surface area contributed by atoms with Gasteiger partial charge in [-0.25, -0.2) is 4.79 Å². The molecular weight excluding hydrogens is 340 g/mol. The van der Waals surface area contributed by atoms with Crippen LogP contribution in [0.15, 0.2) is 94.1 Å². The van der Waals surface area contributed by atoms with Crippen molar-refractivity contribution in [3.63, 3.8) is 0 Å². The third kappa shape index (κ3) is 3.02. The summed E-state index contributed by atoms with van der Waals surface area (Å²) < 4.78 is 5.39. The molecule has 0 saturated heterocycles. The van der Waals surface area contributed by atoms with Crippen LogP contribution in [0, 0.1) is 0 Å². The number of ketones is 1. The highest BCUT2D eigenvalue weighted by Gasteiger charge is 2.31. The summed E-state index contributed by atoms with van der Waals surface area (Å²) in [7, 11) is 0. The molecule has 0 aliphatic rings. The lowest BCUT2D eigenvalue weighted by molar-refractivity contribution is 0.0971. The Morgan fingerprint density at radius 2 is 1.41 bits per heavy atom. The van der Waals surface area contributed by atoms with Gasteiger partial charge in [-0.2, -0.15) is 0 Å². The molecule has 4 rings (SSSR count). The Hall–Kier alpha value is -3.66. The normalized spacial score (nSPS) is 12.0. The fourth-order valence-electron chi connectivity index (χ4n) is 3.27. The first kappa shape index (κ1) is 16.8. The lowest BCUT2D eigenvalue weighted by Gasteiger charge is -2.17. The summed E-state index contributed by atoms with van der Waals surface area (Å²) in [4.78, 5) is 26.0. The third-order valence-corrected chi connectivity index (χ3v) is 4.56. The van der Waals surface area contributed by atoms with Crippen LogP contribution in [0.4, 0.5) is 0 Å². The number of hydrogen-bond donors (Lipinski definition) is 1. The van der Waals surface area contributed by atoms with Crippen LogP contribution in [0.3, 0.4) is 0 Å². The van der Waals surface area contributed by atoms with E-state index in [0.717, 1.165) is 0 Å². The van der Waals surface area contributed by atoms with Gasteiger partial charge in [-0.15, -0.1) is 0 Å². The van der Waals surface area contributed by atoms with Crippen LogP contribution < -0.4 is 5.63 Å². The van der Waals surface area contributed by atoms with Crippen LogP contribution in [-0.2, 0) is 0 Å². The fourth-order valence-corrected chi connectivity index (χ4v) is 3.27. The first-order valence-corrected chi connectivity index (χ1v) is 8.55. The maximum absolute atomic E-state index is 13.3. The molecule has 132 valence electrons. The van der Waals surface area contributed by atoms with E-state index in [2.05, 4.69) is 0 Å². The third-order valence-electron chi connectivity index (χ3n) is 4.56. The van der Waals surface area contributed by atoms with E-state index in [1.165, 1.54) is 0 Å². The number of para-hydroxylation sites is 1. The maximum Gasteiger partial charge on any atom is 0.344 e. The summed E-state index contributed by atoms with van der Waals surface area (Å²) in [5.74, 6) is -1.46. The van der Waals surface area contributed by atoms with Crippen molar-refractivity contribution in [3.05, 3.63) is 112 Å². The number of fused-ring (bicyclic) bond motifs is 1. The molecule has 0 amide bonds. The largest absolute Gasteiger partial charge is 0.507 e. The number of hydrogen-bond acceptors (Lipinski definition) is 4. The Bertz CT molecular complexity index is 1160. The smallest absolute Gasteiger partial charge is 0.344 e. The molecule has 1 heterocycles. The molecule has 0 spiro atoms. The number of carbonyl (C=O) groups is 1. The Labute approximate surface area is 155 Å². The van der Waals surface area contributed by atoms with Crippen LogP contribution in [-0.4, -0.2) is 10.9 Å². The molecule has 3 aromatic carbocycles. The van der Waals surface area contributed by atoms with Crippen LogP contribution in [0.2, 0.25) is 0 Å². The van der Waals surface area contributed by atoms with E-state index in [0.29, 0.717) is 16.5 Å². The minimum absolute atomic E-state index is 0.0475. The highest BCUT2D eigenvalue weighted by Crippen LogP contribution is 2.36. The Kier molecular flexibility index (Phi) is 4.30. The topological polar surface area (TPSA) is 67.5 Å². The van der Waals surface area contributed by atoms with Crippen LogP contribution >= 0.6 is 0 Å². The van der Waals surface area contributed by atoms with E-state index in [9.17, 15) is 14.7 Å². The predicted molar refractivity (Wildman–Crippen MR) is 103 cm³/mol. The maximum atomic E-state index is 13.3. The molecule has 1 N–H and O–H groups in total. The number of aromatic hydroxyl groups is 1. The molecule has 0 radical (unpaired) electrons. The van der Waals surface area contributed by atoms with E-state index in [1.54, 1.807) is 72.8 Å². The quantitative estimate of drug-likeness (QED) is 0.431. The lowest BCUT2D eigenvalue weighted by Crippen LogP contribution is -2.21. The standard InChI is InChI=1S/C23H16O4/c24-21(16-11-5-2-6-12-16)19(15-9-3-1-4-10-15)20-22(25)17-13-7-8-14-18(17)27-23(20)26/h1-14,19,25H. The van der Waals surface area contributed by atoms with Gasteiger partial charge in [0.15, 0.2) is 5.78 Å². The van der Waals surface area contributed by atoms with Gasteiger partial charge in [-0.1, -0.05) is 72.8 Å². The second-order valence-corrected chi connectivity index (χ2v) is 6.22. The van der Waals surface area contributed by atoms with Crippen molar-refractivity contribution in [1.29, 1.82) is 0 Å². The molecule has 27 heavy (non-hydrogen) atoms. The van der Waals surface area contributed by atoms with Gasteiger partial charge < -0.3 is 9.52 Å². The fraction of sp³-hybridized carbons (Fsp3) is 0.0435. The molecule has 1 unspecified atom stereocenters. The van der Waals surface area contributed by atoms with Gasteiger partial charge in [0.1, 0.15) is 11.3 Å². The van der Waals surface area contributed by atoms with Crippen molar-refractivity contribution < 1.29 is 14.3 Å². The monoisotopic (exact) mass is 356 g/mol. The van der Waals surface area contributed by atoms with Crippen LogP contribution in [0.5, 0.6) is 5.75 Å². The number of benzene rings is 3. The minimum atomic E-state index is -0.963. The number of Topliss-reactive ketones (excluding diaryl/α,β-unsaturated/α-hetero) is 1. The van der Waals surface area contributed by atoms with Crippen LogP contribution in [0.25, 0.3) is 11.0 Å². The second kappa shape index (κ2) is 6.92. The first-order valence-electron chi connectivity index (χ1n) is 8.55. The molecular formula is C23H16O4. The molecule has 1 aromatic heterocycles. The Balaban J connectivity index is 1.99. The molecule has 4 heteroatoms. The van der Waals surface area contributed by atoms with Gasteiger partial charge in [-0.3, -0.25) is 4.79 Å². The van der Waals surface area contributed by atoms with Gasteiger partial charge in [0.2, 0.25) is 0 Å². The summed E-state index contributed by atoms with van der Waals surface area (Å²) in [6, 6.07) is 24.4. The summed E-state index contributed by atoms with van der Waals surface area (Å²) in [6.07, 6.45) is 0. The summed E-state index contributed by atoms with van der Waals surface area (Å²) in [5.41, 5.74) is 0.586. The molecule has 0 fully saturated rings. The van der Waals surface area contributed by atoms with Gasteiger partial charge in [0, 0.05) is 5.56 Å². The Morgan fingerprint density at radius 1 is 0.815 bits per heavy atom. The summed E-state index contributed by atoms with van der Waals surface area (Å²) >= 11 is 0. The molecule has 0 saturated carbocycles. The zero-order valence-electron chi connectivity index (χ0n) is 14.3. The molecule has 0 aliphatic heterocycles. The number of rotatable bonds is 4. The molecule has 1 atom stereocenters. The van der Waals surface area contributed by atoms with Crippen molar-refractivity contribution in [2.24, 2.45) is 0 Å². The van der Waals surface area contributed by atoms with E-state index < -0.39 is 11.5 Å². The molecule has 4 aromatic rings. The zero-order valence-corrected chi connectivity index (χ0v) is 14.3. The summed E-state index contributed by atoms with van der Waals surface area (Å²) in [5, 5.41) is 11.2. The zero-order chi connectivity index (χ0) is 18.8. The molecule has 0 bridgehead atoms. The highest BCUT2D eigenvalue weighted by molar-refractivity contribution is 6.04. The van der Waals surface area contributed by atoms with E-state index in [-0.39, 0.29) is 22.7 Å². The highest BCUT2D eigenvalue weighted by atomic mass is 16.4. The Morgan fingerprint density at radius 3 is 2.11 bits per heavy atom. The lowest BCUT2D eigenvalue weighted by atomic mass is 9.84. The minimum Gasteiger partial charge on any atom is -0.507 e. The average Bonchev–Trinajstić information content (AvgIpc) is 2.72. The summed E-state index contributed by atoms with van der Waals surface area (Å²) in [6.45, 7) is 0. The van der Waals surface area contributed by atoms with E-state index >= 15 is 0 Å². The molecule has 0 aliphatic carbocycles. The van der Waals surface area contributed by atoms with Crippen molar-refractivity contribution in [1.82, 2.24) is 0 Å². The second-order valence-electron chi connectivity index (χ2n) is 6.22. The SMILES string of the molecule is O=C(c1ccccc1)C(c1ccccc1)c1c(O)c2ccccc2oc1=O. The average molecular weight is 356 g/mol. The van der Waals surface area contributed by atoms with Gasteiger partial charge in [0.05, 0.1) is 16.9 Å². The number of carbonyl (C=O) groups excluding carboxylic acids is 1. The van der Waals surface area contributed by atoms with Crippen molar-refractivity contribution in [2.45, 2.75) is 5.92 Å². The van der Waals surface area contributed by atoms with E-state index in [4.69, 9.17) is 4.42 Å². The van der Waals surface area contributed by atoms with Crippen LogP contribution in [0.1, 0.15) is 27.4 Å².